The third kappa shape index (κ3) is 2.93. The SMILES string of the molecule is NC(COc1ccc(F)cc1)C1CCNC1. The fraction of sp³-hybridized carbons (Fsp3) is 0.500. The molecule has 1 aromatic carbocycles. The van der Waals surface area contributed by atoms with Crippen molar-refractivity contribution in [1.29, 1.82) is 0 Å². The highest BCUT2D eigenvalue weighted by Gasteiger charge is 2.21. The smallest absolute Gasteiger partial charge is 0.123 e. The maximum absolute atomic E-state index is 12.6. The molecule has 4 heteroatoms. The van der Waals surface area contributed by atoms with Gasteiger partial charge in [0.15, 0.2) is 0 Å². The predicted octanol–water partition coefficient (Wildman–Crippen LogP) is 1.14. The van der Waals surface area contributed by atoms with Crippen LogP contribution in [-0.2, 0) is 0 Å². The van der Waals surface area contributed by atoms with E-state index in [0.29, 0.717) is 18.3 Å². The van der Waals surface area contributed by atoms with E-state index < -0.39 is 0 Å². The lowest BCUT2D eigenvalue weighted by Gasteiger charge is -2.18. The first-order valence-electron chi connectivity index (χ1n) is 5.60. The molecule has 1 aromatic rings. The van der Waals surface area contributed by atoms with Crippen LogP contribution in [0.15, 0.2) is 24.3 Å². The zero-order valence-corrected chi connectivity index (χ0v) is 9.16. The van der Waals surface area contributed by atoms with E-state index in [2.05, 4.69) is 5.32 Å². The lowest BCUT2D eigenvalue weighted by molar-refractivity contribution is 0.252. The van der Waals surface area contributed by atoms with Gasteiger partial charge in [-0.2, -0.15) is 0 Å². The zero-order valence-electron chi connectivity index (χ0n) is 9.16. The van der Waals surface area contributed by atoms with Crippen molar-refractivity contribution in [1.82, 2.24) is 5.32 Å². The maximum Gasteiger partial charge on any atom is 0.123 e. The summed E-state index contributed by atoms with van der Waals surface area (Å²) in [5.41, 5.74) is 6.02. The number of halogens is 1. The summed E-state index contributed by atoms with van der Waals surface area (Å²) in [5, 5.41) is 3.27. The molecule has 1 aliphatic rings. The Hall–Kier alpha value is -1.13. The van der Waals surface area contributed by atoms with E-state index in [1.54, 1.807) is 12.1 Å². The summed E-state index contributed by atoms with van der Waals surface area (Å²) in [7, 11) is 0. The molecule has 16 heavy (non-hydrogen) atoms. The normalized spacial score (nSPS) is 22.0. The lowest BCUT2D eigenvalue weighted by Crippen LogP contribution is -2.37. The summed E-state index contributed by atoms with van der Waals surface area (Å²) in [5.74, 6) is 0.903. The van der Waals surface area contributed by atoms with Crippen LogP contribution < -0.4 is 15.8 Å². The van der Waals surface area contributed by atoms with Crippen molar-refractivity contribution in [3.63, 3.8) is 0 Å². The summed E-state index contributed by atoms with van der Waals surface area (Å²) in [6.45, 7) is 2.49. The van der Waals surface area contributed by atoms with Crippen LogP contribution in [0.3, 0.4) is 0 Å². The number of benzene rings is 1. The van der Waals surface area contributed by atoms with Crippen molar-refractivity contribution in [3.8, 4) is 5.75 Å². The molecular formula is C12H17FN2O. The molecule has 1 aliphatic heterocycles. The van der Waals surface area contributed by atoms with Crippen molar-refractivity contribution in [3.05, 3.63) is 30.1 Å². The molecule has 0 radical (unpaired) electrons. The molecule has 0 amide bonds. The predicted molar refractivity (Wildman–Crippen MR) is 60.8 cm³/mol. The fourth-order valence-electron chi connectivity index (χ4n) is 1.90. The molecule has 0 bridgehead atoms. The molecule has 2 rings (SSSR count). The standard InChI is InChI=1S/C12H17FN2O/c13-10-1-3-11(4-2-10)16-8-12(14)9-5-6-15-7-9/h1-4,9,12,15H,5-8,14H2. The molecule has 2 unspecified atom stereocenters. The summed E-state index contributed by atoms with van der Waals surface area (Å²) in [6, 6.07) is 6.06. The molecule has 0 aliphatic carbocycles. The van der Waals surface area contributed by atoms with Crippen LogP contribution in [0.4, 0.5) is 4.39 Å². The number of rotatable bonds is 4. The molecule has 3 N–H and O–H groups in total. The minimum absolute atomic E-state index is 0.0417. The summed E-state index contributed by atoms with van der Waals surface area (Å²) in [4.78, 5) is 0. The summed E-state index contributed by atoms with van der Waals surface area (Å²) < 4.78 is 18.2. The van der Waals surface area contributed by atoms with E-state index in [0.717, 1.165) is 19.5 Å². The van der Waals surface area contributed by atoms with Gasteiger partial charge in [0.2, 0.25) is 0 Å². The maximum atomic E-state index is 12.6. The van der Waals surface area contributed by atoms with E-state index in [4.69, 9.17) is 10.5 Å². The highest BCUT2D eigenvalue weighted by molar-refractivity contribution is 5.22. The molecule has 0 spiro atoms. The second-order valence-corrected chi connectivity index (χ2v) is 4.18. The van der Waals surface area contributed by atoms with E-state index >= 15 is 0 Å². The minimum atomic E-state index is -0.253. The lowest BCUT2D eigenvalue weighted by atomic mass is 10.0. The van der Waals surface area contributed by atoms with Crippen molar-refractivity contribution in [2.24, 2.45) is 11.7 Å². The van der Waals surface area contributed by atoms with Gasteiger partial charge in [-0.1, -0.05) is 0 Å². The van der Waals surface area contributed by atoms with Crippen LogP contribution in [0.1, 0.15) is 6.42 Å². The topological polar surface area (TPSA) is 47.3 Å². The number of hydrogen-bond acceptors (Lipinski definition) is 3. The van der Waals surface area contributed by atoms with Crippen LogP contribution in [0, 0.1) is 11.7 Å². The number of nitrogens with two attached hydrogens (primary N) is 1. The molecular weight excluding hydrogens is 207 g/mol. The Kier molecular flexibility index (Phi) is 3.74. The Balaban J connectivity index is 1.80. The molecule has 1 saturated heterocycles. The van der Waals surface area contributed by atoms with E-state index in [1.165, 1.54) is 12.1 Å². The van der Waals surface area contributed by atoms with Gasteiger partial charge in [0.25, 0.3) is 0 Å². The van der Waals surface area contributed by atoms with Crippen molar-refractivity contribution >= 4 is 0 Å². The van der Waals surface area contributed by atoms with Crippen LogP contribution in [0.5, 0.6) is 5.75 Å². The Labute approximate surface area is 94.8 Å². The molecule has 0 aromatic heterocycles. The first-order valence-corrected chi connectivity index (χ1v) is 5.60. The summed E-state index contributed by atoms with van der Waals surface area (Å²) in [6.07, 6.45) is 1.11. The van der Waals surface area contributed by atoms with Gasteiger partial charge in [-0.15, -0.1) is 0 Å². The Morgan fingerprint density at radius 3 is 2.81 bits per heavy atom. The van der Waals surface area contributed by atoms with Gasteiger partial charge < -0.3 is 15.8 Å². The van der Waals surface area contributed by atoms with E-state index in [9.17, 15) is 4.39 Å². The molecule has 3 nitrogen and oxygen atoms in total. The Morgan fingerprint density at radius 2 is 2.19 bits per heavy atom. The monoisotopic (exact) mass is 224 g/mol. The van der Waals surface area contributed by atoms with Gasteiger partial charge in [0.1, 0.15) is 18.2 Å². The minimum Gasteiger partial charge on any atom is -0.492 e. The van der Waals surface area contributed by atoms with Gasteiger partial charge in [-0.05, 0) is 49.7 Å². The van der Waals surface area contributed by atoms with Gasteiger partial charge in [-0.25, -0.2) is 4.39 Å². The number of hydrogen-bond donors (Lipinski definition) is 2. The first kappa shape index (κ1) is 11.4. The average Bonchev–Trinajstić information content (AvgIpc) is 2.81. The molecule has 0 saturated carbocycles. The third-order valence-electron chi connectivity index (χ3n) is 2.96. The Bertz CT molecular complexity index is 322. The average molecular weight is 224 g/mol. The zero-order chi connectivity index (χ0) is 11.4. The highest BCUT2D eigenvalue weighted by atomic mass is 19.1. The van der Waals surface area contributed by atoms with Crippen molar-refractivity contribution < 1.29 is 9.13 Å². The van der Waals surface area contributed by atoms with Crippen molar-refractivity contribution in [2.45, 2.75) is 12.5 Å². The van der Waals surface area contributed by atoms with Gasteiger partial charge in [0.05, 0.1) is 0 Å². The first-order chi connectivity index (χ1) is 7.75. The highest BCUT2D eigenvalue weighted by Crippen LogP contribution is 2.15. The number of nitrogens with one attached hydrogen (secondary N) is 1. The van der Waals surface area contributed by atoms with Crippen LogP contribution >= 0.6 is 0 Å². The third-order valence-corrected chi connectivity index (χ3v) is 2.96. The second kappa shape index (κ2) is 5.27. The quantitative estimate of drug-likeness (QED) is 0.806. The Morgan fingerprint density at radius 1 is 1.44 bits per heavy atom. The fourth-order valence-corrected chi connectivity index (χ4v) is 1.90. The molecule has 1 heterocycles. The largest absolute Gasteiger partial charge is 0.492 e. The molecule has 1 fully saturated rings. The van der Waals surface area contributed by atoms with Crippen LogP contribution in [-0.4, -0.2) is 25.7 Å². The second-order valence-electron chi connectivity index (χ2n) is 4.18. The van der Waals surface area contributed by atoms with Gasteiger partial charge in [0, 0.05) is 6.04 Å². The molecule has 2 atom stereocenters. The van der Waals surface area contributed by atoms with Gasteiger partial charge in [-0.3, -0.25) is 0 Å². The van der Waals surface area contributed by atoms with Gasteiger partial charge >= 0.3 is 0 Å². The van der Waals surface area contributed by atoms with E-state index in [-0.39, 0.29) is 11.9 Å². The van der Waals surface area contributed by atoms with E-state index in [1.807, 2.05) is 0 Å². The van der Waals surface area contributed by atoms with Crippen LogP contribution in [0.25, 0.3) is 0 Å². The molecule has 88 valence electrons. The van der Waals surface area contributed by atoms with Crippen LogP contribution in [0.2, 0.25) is 0 Å². The van der Waals surface area contributed by atoms with Crippen molar-refractivity contribution in [2.75, 3.05) is 19.7 Å². The number of ether oxygens (including phenoxy) is 1. The summed E-state index contributed by atoms with van der Waals surface area (Å²) >= 11 is 0.